The zero-order valence-electron chi connectivity index (χ0n) is 10.3. The maximum absolute atomic E-state index is 11.7. The van der Waals surface area contributed by atoms with E-state index >= 15 is 0 Å². The van der Waals surface area contributed by atoms with E-state index < -0.39 is 37.3 Å². The molecule has 0 atom stereocenters. The van der Waals surface area contributed by atoms with Gasteiger partial charge in [0.05, 0.1) is 22.1 Å². The molecule has 1 aromatic carbocycles. The van der Waals surface area contributed by atoms with Crippen molar-refractivity contribution >= 4 is 43.1 Å². The zero-order valence-corrected chi connectivity index (χ0v) is 12.7. The van der Waals surface area contributed by atoms with Gasteiger partial charge < -0.3 is 5.11 Å². The molecule has 0 saturated heterocycles. The number of carboxylic acids is 1. The molecule has 10 heteroatoms. The fraction of sp³-hybridized carbons (Fsp3) is 0.300. The number of halogens is 1. The summed E-state index contributed by atoms with van der Waals surface area (Å²) >= 11 is 5.65. The number of aromatic carboxylic acids is 1. The van der Waals surface area contributed by atoms with Crippen LogP contribution in [0.5, 0.6) is 0 Å². The van der Waals surface area contributed by atoms with E-state index in [2.05, 4.69) is 4.72 Å². The van der Waals surface area contributed by atoms with Crippen LogP contribution >= 0.6 is 11.6 Å². The third-order valence-electron chi connectivity index (χ3n) is 2.19. The predicted molar refractivity (Wildman–Crippen MR) is 75.5 cm³/mol. The molecule has 0 bridgehead atoms. The van der Waals surface area contributed by atoms with Crippen LogP contribution in [0.1, 0.15) is 10.4 Å². The monoisotopic (exact) mass is 341 g/mol. The van der Waals surface area contributed by atoms with E-state index in [-0.39, 0.29) is 16.3 Å². The van der Waals surface area contributed by atoms with Crippen molar-refractivity contribution in [3.63, 3.8) is 0 Å². The fourth-order valence-electron chi connectivity index (χ4n) is 1.24. The predicted octanol–water partition coefficient (Wildman–Crippen LogP) is 0.824. The Balaban J connectivity index is 2.93. The van der Waals surface area contributed by atoms with Gasteiger partial charge in [-0.3, -0.25) is 4.72 Å². The van der Waals surface area contributed by atoms with Crippen molar-refractivity contribution in [3.8, 4) is 0 Å². The van der Waals surface area contributed by atoms with Gasteiger partial charge in [0.1, 0.15) is 9.84 Å². The van der Waals surface area contributed by atoms with Crippen LogP contribution in [0.15, 0.2) is 18.2 Å². The summed E-state index contributed by atoms with van der Waals surface area (Å²) in [5, 5.41) is 8.83. The molecule has 0 fully saturated rings. The van der Waals surface area contributed by atoms with Gasteiger partial charge in [0.15, 0.2) is 0 Å². The van der Waals surface area contributed by atoms with Gasteiger partial charge in [-0.15, -0.1) is 0 Å². The minimum Gasteiger partial charge on any atom is -0.478 e. The Morgan fingerprint density at radius 3 is 2.35 bits per heavy atom. The number of hydrogen-bond acceptors (Lipinski definition) is 5. The Morgan fingerprint density at radius 2 is 1.85 bits per heavy atom. The Labute approximate surface area is 121 Å². The van der Waals surface area contributed by atoms with E-state index in [4.69, 9.17) is 16.7 Å². The number of carboxylic acid groups (broad SMARTS) is 1. The largest absolute Gasteiger partial charge is 0.478 e. The van der Waals surface area contributed by atoms with Crippen molar-refractivity contribution in [1.82, 2.24) is 0 Å². The number of carbonyl (C=O) groups is 1. The molecule has 112 valence electrons. The van der Waals surface area contributed by atoms with Crippen molar-refractivity contribution in [3.05, 3.63) is 28.8 Å². The molecule has 0 amide bonds. The third kappa shape index (κ3) is 5.35. The highest BCUT2D eigenvalue weighted by atomic mass is 35.5. The van der Waals surface area contributed by atoms with E-state index in [1.54, 1.807) is 0 Å². The highest BCUT2D eigenvalue weighted by Crippen LogP contribution is 2.21. The quantitative estimate of drug-likeness (QED) is 0.791. The minimum atomic E-state index is -3.89. The van der Waals surface area contributed by atoms with Gasteiger partial charge in [-0.25, -0.2) is 21.6 Å². The molecule has 0 heterocycles. The lowest BCUT2D eigenvalue weighted by molar-refractivity contribution is 0.0697. The maximum Gasteiger partial charge on any atom is 0.337 e. The van der Waals surface area contributed by atoms with Crippen LogP contribution in [0.25, 0.3) is 0 Å². The second kappa shape index (κ2) is 5.98. The molecular weight excluding hydrogens is 330 g/mol. The van der Waals surface area contributed by atoms with Crippen LogP contribution in [0.2, 0.25) is 5.02 Å². The van der Waals surface area contributed by atoms with Crippen LogP contribution in [-0.2, 0) is 19.9 Å². The molecule has 1 rings (SSSR count). The summed E-state index contributed by atoms with van der Waals surface area (Å²) in [6, 6.07) is 3.58. The zero-order chi connectivity index (χ0) is 15.6. The Hall–Kier alpha value is -1.32. The molecule has 20 heavy (non-hydrogen) atoms. The van der Waals surface area contributed by atoms with Gasteiger partial charge >= 0.3 is 5.97 Å². The van der Waals surface area contributed by atoms with Crippen LogP contribution in [0.3, 0.4) is 0 Å². The maximum atomic E-state index is 11.7. The van der Waals surface area contributed by atoms with Crippen molar-refractivity contribution < 1.29 is 26.7 Å². The molecule has 2 N–H and O–H groups in total. The average Bonchev–Trinajstić information content (AvgIpc) is 2.28. The summed E-state index contributed by atoms with van der Waals surface area (Å²) in [6.45, 7) is 0. The molecule has 0 aromatic heterocycles. The van der Waals surface area contributed by atoms with Gasteiger partial charge in [0.2, 0.25) is 10.0 Å². The highest BCUT2D eigenvalue weighted by molar-refractivity contribution is 7.95. The molecule has 0 saturated carbocycles. The van der Waals surface area contributed by atoms with Crippen molar-refractivity contribution in [1.29, 1.82) is 0 Å². The Kier molecular flexibility index (Phi) is 5.00. The van der Waals surface area contributed by atoms with Crippen LogP contribution in [0, 0.1) is 0 Å². The molecule has 0 aliphatic heterocycles. The number of hydrogen-bond donors (Lipinski definition) is 2. The minimum absolute atomic E-state index is 0.000279. The summed E-state index contributed by atoms with van der Waals surface area (Å²) in [6.07, 6.45) is 0.924. The number of sulfone groups is 1. The third-order valence-corrected chi connectivity index (χ3v) is 5.01. The highest BCUT2D eigenvalue weighted by Gasteiger charge is 2.16. The van der Waals surface area contributed by atoms with Gasteiger partial charge in [0.25, 0.3) is 0 Å². The second-order valence-electron chi connectivity index (χ2n) is 4.05. The van der Waals surface area contributed by atoms with E-state index in [0.717, 1.165) is 12.3 Å². The summed E-state index contributed by atoms with van der Waals surface area (Å²) in [7, 11) is -7.30. The van der Waals surface area contributed by atoms with E-state index in [0.29, 0.717) is 0 Å². The lowest BCUT2D eigenvalue weighted by atomic mass is 10.2. The Bertz CT molecular complexity index is 726. The van der Waals surface area contributed by atoms with E-state index in [1.807, 2.05) is 0 Å². The number of sulfonamides is 1. The van der Waals surface area contributed by atoms with Crippen molar-refractivity contribution in [2.45, 2.75) is 0 Å². The lowest BCUT2D eigenvalue weighted by Crippen LogP contribution is -2.22. The SMILES string of the molecule is CS(=O)(=O)CCS(=O)(=O)Nc1ccc(Cl)c(C(=O)O)c1. The van der Waals surface area contributed by atoms with Crippen molar-refractivity contribution in [2.75, 3.05) is 22.5 Å². The standard InChI is InChI=1S/C10H12ClNO6S2/c1-19(15,16)4-5-20(17,18)12-7-2-3-9(11)8(6-7)10(13)14/h2-3,6,12H,4-5H2,1H3,(H,13,14). The van der Waals surface area contributed by atoms with Crippen molar-refractivity contribution in [2.24, 2.45) is 0 Å². The second-order valence-corrected chi connectivity index (χ2v) is 8.56. The number of anilines is 1. The van der Waals surface area contributed by atoms with Gasteiger partial charge in [-0.2, -0.15) is 0 Å². The first kappa shape index (κ1) is 16.7. The van der Waals surface area contributed by atoms with Gasteiger partial charge in [-0.05, 0) is 18.2 Å². The van der Waals surface area contributed by atoms with Gasteiger partial charge in [-0.1, -0.05) is 11.6 Å². The first-order valence-corrected chi connectivity index (χ1v) is 9.30. The fourth-order valence-corrected chi connectivity index (χ4v) is 4.12. The summed E-state index contributed by atoms with van der Waals surface area (Å²) < 4.78 is 47.3. The first-order chi connectivity index (χ1) is 9.00. The molecule has 0 spiro atoms. The molecule has 1 aromatic rings. The number of nitrogens with one attached hydrogen (secondary N) is 1. The number of benzene rings is 1. The molecular formula is C10H12ClNO6S2. The van der Waals surface area contributed by atoms with Crippen LogP contribution < -0.4 is 4.72 Å². The van der Waals surface area contributed by atoms with E-state index in [1.165, 1.54) is 12.1 Å². The normalized spacial score (nSPS) is 12.1. The average molecular weight is 342 g/mol. The summed E-state index contributed by atoms with van der Waals surface area (Å²) in [5.41, 5.74) is -0.254. The smallest absolute Gasteiger partial charge is 0.337 e. The summed E-state index contributed by atoms with van der Waals surface area (Å²) in [5.74, 6) is -2.44. The molecule has 7 nitrogen and oxygen atoms in total. The van der Waals surface area contributed by atoms with E-state index in [9.17, 15) is 21.6 Å². The molecule has 0 aliphatic rings. The molecule has 0 radical (unpaired) electrons. The summed E-state index contributed by atoms with van der Waals surface area (Å²) in [4.78, 5) is 10.9. The molecule has 0 unspecified atom stereocenters. The number of rotatable bonds is 6. The lowest BCUT2D eigenvalue weighted by Gasteiger charge is -2.09. The van der Waals surface area contributed by atoms with Crippen LogP contribution in [0.4, 0.5) is 5.69 Å². The molecule has 0 aliphatic carbocycles. The van der Waals surface area contributed by atoms with Gasteiger partial charge in [0, 0.05) is 11.9 Å². The Morgan fingerprint density at radius 1 is 1.25 bits per heavy atom. The topological polar surface area (TPSA) is 118 Å². The van der Waals surface area contributed by atoms with Crippen LogP contribution in [-0.4, -0.2) is 45.7 Å². The first-order valence-electron chi connectivity index (χ1n) is 5.21.